The molecule has 0 saturated carbocycles. The Morgan fingerprint density at radius 2 is 1.95 bits per heavy atom. The lowest BCUT2D eigenvalue weighted by molar-refractivity contribution is 0.0600. The average Bonchev–Trinajstić information content (AvgIpc) is 2.48. The number of ether oxygens (including phenoxy) is 1. The van der Waals surface area contributed by atoms with Gasteiger partial charge in [-0.15, -0.1) is 0 Å². The predicted octanol–water partition coefficient (Wildman–Crippen LogP) is 4.13. The number of methoxy groups -OCH3 is 1. The van der Waals surface area contributed by atoms with Gasteiger partial charge in [0, 0.05) is 22.8 Å². The highest BCUT2D eigenvalue weighted by Gasteiger charge is 2.09. The molecule has 1 N–H and O–H groups in total. The van der Waals surface area contributed by atoms with Crippen LogP contribution in [0.25, 0.3) is 0 Å². The van der Waals surface area contributed by atoms with Gasteiger partial charge < -0.3 is 10.1 Å². The van der Waals surface area contributed by atoms with Crippen LogP contribution in [-0.2, 0) is 11.3 Å². The van der Waals surface area contributed by atoms with Crippen LogP contribution in [0.5, 0.6) is 0 Å². The van der Waals surface area contributed by atoms with Crippen LogP contribution in [0.4, 0.5) is 14.5 Å². The largest absolute Gasteiger partial charge is 0.465 e. The van der Waals surface area contributed by atoms with E-state index in [0.717, 1.165) is 22.2 Å². The summed E-state index contributed by atoms with van der Waals surface area (Å²) in [6.07, 6.45) is 0. The lowest BCUT2D eigenvalue weighted by Gasteiger charge is -2.09. The lowest BCUT2D eigenvalue weighted by Crippen LogP contribution is -2.04. The number of anilines is 1. The van der Waals surface area contributed by atoms with Crippen LogP contribution in [0.2, 0.25) is 0 Å². The first-order valence-electron chi connectivity index (χ1n) is 6.07. The zero-order valence-corrected chi connectivity index (χ0v) is 12.7. The van der Waals surface area contributed by atoms with Crippen LogP contribution in [-0.4, -0.2) is 13.1 Å². The van der Waals surface area contributed by atoms with Crippen LogP contribution in [0.3, 0.4) is 0 Å². The second-order valence-corrected chi connectivity index (χ2v) is 5.13. The van der Waals surface area contributed by atoms with Gasteiger partial charge in [-0.3, -0.25) is 0 Å². The molecule has 0 heterocycles. The Morgan fingerprint density at radius 1 is 1.19 bits per heavy atom. The summed E-state index contributed by atoms with van der Waals surface area (Å²) >= 11 is 3.36. The van der Waals surface area contributed by atoms with Crippen molar-refractivity contribution < 1.29 is 18.3 Å². The Morgan fingerprint density at radius 3 is 2.57 bits per heavy atom. The molecule has 0 aliphatic rings. The Hall–Kier alpha value is -1.95. The molecule has 0 spiro atoms. The van der Waals surface area contributed by atoms with Crippen molar-refractivity contribution in [2.75, 3.05) is 12.4 Å². The third-order valence-electron chi connectivity index (χ3n) is 2.88. The van der Waals surface area contributed by atoms with E-state index in [9.17, 15) is 13.6 Å². The number of hydrogen-bond acceptors (Lipinski definition) is 3. The number of hydrogen-bond donors (Lipinski definition) is 1. The van der Waals surface area contributed by atoms with Gasteiger partial charge in [-0.05, 0) is 29.8 Å². The number of halogens is 3. The summed E-state index contributed by atoms with van der Waals surface area (Å²) in [5.74, 6) is -2.21. The highest BCUT2D eigenvalue weighted by molar-refractivity contribution is 9.10. The van der Waals surface area contributed by atoms with Crippen LogP contribution in [0.1, 0.15) is 15.9 Å². The first kappa shape index (κ1) is 15.4. The van der Waals surface area contributed by atoms with Crippen molar-refractivity contribution in [3.05, 3.63) is 63.6 Å². The van der Waals surface area contributed by atoms with Gasteiger partial charge in [-0.1, -0.05) is 22.0 Å². The zero-order valence-electron chi connectivity index (χ0n) is 11.1. The third kappa shape index (κ3) is 3.78. The maximum atomic E-state index is 13.1. The molecule has 2 aromatic carbocycles. The molecule has 0 saturated heterocycles. The summed E-state index contributed by atoms with van der Waals surface area (Å²) in [7, 11) is 1.31. The summed E-state index contributed by atoms with van der Waals surface area (Å²) < 4.78 is 31.3. The first-order valence-corrected chi connectivity index (χ1v) is 6.86. The van der Waals surface area contributed by atoms with Crippen LogP contribution in [0, 0.1) is 11.6 Å². The van der Waals surface area contributed by atoms with Gasteiger partial charge >= 0.3 is 5.97 Å². The van der Waals surface area contributed by atoms with Crippen LogP contribution >= 0.6 is 15.9 Å². The maximum Gasteiger partial charge on any atom is 0.337 e. The quantitative estimate of drug-likeness (QED) is 0.838. The van der Waals surface area contributed by atoms with Crippen molar-refractivity contribution in [2.45, 2.75) is 6.54 Å². The van der Waals surface area contributed by atoms with Gasteiger partial charge in [-0.2, -0.15) is 0 Å². The molecule has 0 aromatic heterocycles. The number of benzene rings is 2. The Kier molecular flexibility index (Phi) is 4.90. The summed E-state index contributed by atoms with van der Waals surface area (Å²) in [5.41, 5.74) is 1.77. The lowest BCUT2D eigenvalue weighted by atomic mass is 10.1. The molecule has 0 fully saturated rings. The van der Waals surface area contributed by atoms with E-state index in [4.69, 9.17) is 0 Å². The second kappa shape index (κ2) is 6.67. The molecule has 0 amide bonds. The number of carbonyl (C=O) groups excluding carboxylic acids is 1. The highest BCUT2D eigenvalue weighted by Crippen LogP contribution is 2.21. The van der Waals surface area contributed by atoms with Gasteiger partial charge in [0.1, 0.15) is 0 Å². The monoisotopic (exact) mass is 355 g/mol. The third-order valence-corrected chi connectivity index (χ3v) is 3.61. The van der Waals surface area contributed by atoms with Crippen molar-refractivity contribution >= 4 is 27.6 Å². The molecule has 0 radical (unpaired) electrons. The molecule has 6 heteroatoms. The Labute approximate surface area is 129 Å². The molecular formula is C15H12BrF2NO2. The molecule has 2 rings (SSSR count). The van der Waals surface area contributed by atoms with E-state index in [1.165, 1.54) is 13.2 Å². The molecule has 0 atom stereocenters. The summed E-state index contributed by atoms with van der Waals surface area (Å²) in [6, 6.07) is 8.64. The van der Waals surface area contributed by atoms with E-state index >= 15 is 0 Å². The van der Waals surface area contributed by atoms with Gasteiger partial charge in [0.15, 0.2) is 11.6 Å². The summed E-state index contributed by atoms with van der Waals surface area (Å²) in [6.45, 7) is 0.396. The van der Waals surface area contributed by atoms with Gasteiger partial charge in [0.25, 0.3) is 0 Å². The second-order valence-electron chi connectivity index (χ2n) is 4.28. The molecule has 2 aromatic rings. The number of carbonyl (C=O) groups is 1. The Balaban J connectivity index is 2.09. The zero-order chi connectivity index (χ0) is 15.4. The standard InChI is InChI=1S/C15H12BrF2NO2/c1-21-15(20)9-2-3-10(12(16)6-9)8-19-11-4-5-13(17)14(18)7-11/h2-7,19H,8H2,1H3. The maximum absolute atomic E-state index is 13.1. The highest BCUT2D eigenvalue weighted by atomic mass is 79.9. The van der Waals surface area contributed by atoms with E-state index < -0.39 is 17.6 Å². The molecule has 3 nitrogen and oxygen atoms in total. The number of esters is 1. The molecule has 0 aliphatic carbocycles. The van der Waals surface area contributed by atoms with Crippen LogP contribution < -0.4 is 5.32 Å². The average molecular weight is 356 g/mol. The molecular weight excluding hydrogens is 344 g/mol. The topological polar surface area (TPSA) is 38.3 Å². The SMILES string of the molecule is COC(=O)c1ccc(CNc2ccc(F)c(F)c2)c(Br)c1. The first-order chi connectivity index (χ1) is 10.0. The minimum absolute atomic E-state index is 0.396. The fraction of sp³-hybridized carbons (Fsp3) is 0.133. The van der Waals surface area contributed by atoms with Crippen molar-refractivity contribution in [1.29, 1.82) is 0 Å². The van der Waals surface area contributed by atoms with E-state index in [1.807, 2.05) is 0 Å². The molecule has 0 aliphatic heterocycles. The van der Waals surface area contributed by atoms with Gasteiger partial charge in [0.2, 0.25) is 0 Å². The van der Waals surface area contributed by atoms with E-state index in [2.05, 4.69) is 26.0 Å². The number of nitrogens with one attached hydrogen (secondary N) is 1. The molecule has 0 unspecified atom stereocenters. The van der Waals surface area contributed by atoms with Gasteiger partial charge in [0.05, 0.1) is 12.7 Å². The van der Waals surface area contributed by atoms with Crippen molar-refractivity contribution in [1.82, 2.24) is 0 Å². The summed E-state index contributed by atoms with van der Waals surface area (Å²) in [5, 5.41) is 2.98. The van der Waals surface area contributed by atoms with Crippen LogP contribution in [0.15, 0.2) is 40.9 Å². The van der Waals surface area contributed by atoms with Crippen molar-refractivity contribution in [3.63, 3.8) is 0 Å². The minimum atomic E-state index is -0.903. The van der Waals surface area contributed by atoms with Crippen molar-refractivity contribution in [2.24, 2.45) is 0 Å². The predicted molar refractivity (Wildman–Crippen MR) is 79.2 cm³/mol. The van der Waals surface area contributed by atoms with Gasteiger partial charge in [-0.25, -0.2) is 13.6 Å². The van der Waals surface area contributed by atoms with Crippen molar-refractivity contribution in [3.8, 4) is 0 Å². The van der Waals surface area contributed by atoms with E-state index in [0.29, 0.717) is 17.8 Å². The molecule has 110 valence electrons. The Bertz CT molecular complexity index is 677. The fourth-order valence-electron chi connectivity index (χ4n) is 1.74. The smallest absolute Gasteiger partial charge is 0.337 e. The van der Waals surface area contributed by atoms with E-state index in [-0.39, 0.29) is 0 Å². The van der Waals surface area contributed by atoms with E-state index in [1.54, 1.807) is 18.2 Å². The normalized spacial score (nSPS) is 10.3. The number of rotatable bonds is 4. The summed E-state index contributed by atoms with van der Waals surface area (Å²) in [4.78, 5) is 11.4. The fourth-order valence-corrected chi connectivity index (χ4v) is 2.26. The minimum Gasteiger partial charge on any atom is -0.465 e. The molecule has 21 heavy (non-hydrogen) atoms. The molecule has 0 bridgehead atoms.